The van der Waals surface area contributed by atoms with Crippen LogP contribution in [0.15, 0.2) is 202 Å². The van der Waals surface area contributed by atoms with Crippen LogP contribution in [0.1, 0.15) is 43.9 Å². The third kappa shape index (κ3) is 4.78. The summed E-state index contributed by atoms with van der Waals surface area (Å²) in [7, 11) is 0. The summed E-state index contributed by atoms with van der Waals surface area (Å²) < 4.78 is 299. The maximum atomic E-state index is 9.72. The van der Waals surface area contributed by atoms with Crippen molar-refractivity contribution >= 4 is 72.0 Å². The second kappa shape index (κ2) is 12.1. The van der Waals surface area contributed by atoms with Crippen LogP contribution in [-0.2, 0) is 0 Å². The highest BCUT2D eigenvalue weighted by molar-refractivity contribution is 6.20. The molecule has 0 aliphatic rings. The van der Waals surface area contributed by atoms with Crippen LogP contribution in [0.25, 0.3) is 82.9 Å². The molecule has 11 rings (SSSR count). The summed E-state index contributed by atoms with van der Waals surface area (Å²) in [5.74, 6) is 0. The van der Waals surface area contributed by atoms with E-state index < -0.39 is 293 Å². The number of fused-ring (bicyclic) bond motifs is 8. The molecule has 0 aliphatic heterocycles. The Hall–Kier alpha value is -7.30. The van der Waals surface area contributed by atoms with Crippen LogP contribution >= 0.6 is 0 Å². The van der Waals surface area contributed by atoms with E-state index in [0.717, 1.165) is 4.57 Å². The molecule has 0 fully saturated rings. The van der Waals surface area contributed by atoms with Gasteiger partial charge >= 0.3 is 0 Å². The molecule has 0 saturated carbocycles. The van der Waals surface area contributed by atoms with Gasteiger partial charge in [-0.1, -0.05) is 127 Å². The molecule has 8 aromatic carbocycles. The van der Waals surface area contributed by atoms with Gasteiger partial charge in [0.25, 0.3) is 0 Å². The molecule has 254 valence electrons. The van der Waals surface area contributed by atoms with E-state index in [1.54, 1.807) is 0 Å². The maximum Gasteiger partial charge on any atom is 0.213 e. The first kappa shape index (κ1) is 12.4. The average Bonchev–Trinajstić information content (AvgIpc) is 1.53. The van der Waals surface area contributed by atoms with Crippen molar-refractivity contribution in [3.8, 4) is 27.9 Å². The number of benzene rings is 8. The zero-order valence-corrected chi connectivity index (χ0v) is 26.7. The Labute approximate surface area is 356 Å². The van der Waals surface area contributed by atoms with Crippen LogP contribution in [0.3, 0.4) is 0 Å². The van der Waals surface area contributed by atoms with Gasteiger partial charge in [-0.15, -0.1) is 0 Å². The number of nitrogens with zero attached hydrogens (tertiary/aromatic N) is 2. The summed E-state index contributed by atoms with van der Waals surface area (Å²) in [6.07, 6.45) is 0. The quantitative estimate of drug-likeness (QED) is 0.171. The zero-order chi connectivity index (χ0) is 63.4. The second-order valence-corrected chi connectivity index (χ2v) is 11.3. The van der Waals surface area contributed by atoms with Crippen molar-refractivity contribution < 1.29 is 52.7 Å². The summed E-state index contributed by atoms with van der Waals surface area (Å²) in [5.41, 5.74) is -10.9. The number of para-hydroxylation sites is 4. The highest BCUT2D eigenvalue weighted by atomic mass is 16.3. The zero-order valence-electron chi connectivity index (χ0n) is 58.7. The van der Waals surface area contributed by atoms with Crippen molar-refractivity contribution in [2.24, 2.45) is 0 Å². The predicted octanol–water partition coefficient (Wildman–Crippen LogP) is 14.2. The lowest BCUT2D eigenvalue weighted by molar-refractivity contribution is 0.645. The summed E-state index contributed by atoms with van der Waals surface area (Å²) >= 11 is 0. The minimum atomic E-state index is -1.29. The van der Waals surface area contributed by atoms with Crippen LogP contribution in [0.5, 0.6) is 0 Å². The molecule has 0 aliphatic carbocycles. The number of anilines is 3. The van der Waals surface area contributed by atoms with Gasteiger partial charge < -0.3 is 13.7 Å². The topological polar surface area (TPSA) is 34.5 Å². The van der Waals surface area contributed by atoms with Crippen LogP contribution in [0.2, 0.25) is 0 Å². The molecule has 0 bridgehead atoms. The lowest BCUT2D eigenvalue weighted by Gasteiger charge is -2.26. The molecule has 0 atom stereocenters. The summed E-state index contributed by atoms with van der Waals surface area (Å²) in [6.45, 7) is 0. The van der Waals surface area contributed by atoms with E-state index in [2.05, 4.69) is 0 Å². The van der Waals surface area contributed by atoms with E-state index in [1.807, 2.05) is 0 Å². The molecule has 3 heterocycles. The first-order valence-electron chi connectivity index (χ1n) is 31.7. The summed E-state index contributed by atoms with van der Waals surface area (Å²) in [4.78, 5) is 0.393. The molecule has 4 heteroatoms. The highest BCUT2D eigenvalue weighted by Crippen LogP contribution is 2.44. The van der Waals surface area contributed by atoms with Crippen LogP contribution in [-0.4, -0.2) is 4.57 Å². The van der Waals surface area contributed by atoms with Gasteiger partial charge in [0.05, 0.1) is 60.5 Å². The fourth-order valence-corrected chi connectivity index (χ4v) is 6.00. The van der Waals surface area contributed by atoms with E-state index in [4.69, 9.17) is 36.2 Å². The van der Waals surface area contributed by atoms with Gasteiger partial charge in [0.15, 0.2) is 5.58 Å². The van der Waals surface area contributed by atoms with Gasteiger partial charge in [0, 0.05) is 38.6 Å². The fourth-order valence-electron chi connectivity index (χ4n) is 6.00. The third-order valence-electron chi connectivity index (χ3n) is 8.31. The minimum Gasteiger partial charge on any atom is -0.454 e. The SMILES string of the molecule is [2H]c1c([2H])c([2H])c(-c2c([2H])c([2H])c(N(c3c([2H])c([2H])c(-c4c([2H])c([2H])c5c(oc6c5c5c([2H])c([2H])c([2H])c([2H])c5n6-c5c([2H])c([2H])c([2H])c([2H])c5[2H])c4[2H])c([2H])c3[2H])c3c([2H])c([2H])c([2H])c4c3oc3c([2H])c([2H])c([2H])c([2H])c34)c([2H])c2[2H])c([2H])c1[2H]. The molecule has 0 spiro atoms. The molecule has 11 aromatic rings. The van der Waals surface area contributed by atoms with Gasteiger partial charge in [0.1, 0.15) is 11.2 Å². The van der Waals surface area contributed by atoms with E-state index >= 15 is 0 Å². The van der Waals surface area contributed by atoms with Crippen LogP contribution in [0, 0.1) is 0 Å². The molecular formula is C50H32N2O2. The van der Waals surface area contributed by atoms with Gasteiger partial charge in [-0.05, 0) is 88.7 Å². The van der Waals surface area contributed by atoms with E-state index in [-0.39, 0.29) is 0 Å². The van der Waals surface area contributed by atoms with Crippen molar-refractivity contribution in [3.63, 3.8) is 0 Å². The normalized spacial score (nSPS) is 20.0. The maximum absolute atomic E-state index is 9.72. The van der Waals surface area contributed by atoms with Gasteiger partial charge in [-0.2, -0.15) is 0 Å². The molecule has 54 heavy (non-hydrogen) atoms. The Morgan fingerprint density at radius 3 is 1.78 bits per heavy atom. The molecule has 3 aromatic heterocycles. The van der Waals surface area contributed by atoms with Crippen LogP contribution < -0.4 is 4.90 Å². The summed E-state index contributed by atoms with van der Waals surface area (Å²) in [6, 6.07) is -31.8. The van der Waals surface area contributed by atoms with Crippen molar-refractivity contribution in [1.29, 1.82) is 0 Å². The number of rotatable bonds is 6. The molecule has 0 unspecified atom stereocenters. The number of aromatic nitrogens is 1. The van der Waals surface area contributed by atoms with Crippen molar-refractivity contribution in [1.82, 2.24) is 4.57 Å². The lowest BCUT2D eigenvalue weighted by Crippen LogP contribution is -2.10. The second-order valence-electron chi connectivity index (χ2n) is 11.3. The largest absolute Gasteiger partial charge is 0.454 e. The van der Waals surface area contributed by atoms with E-state index in [9.17, 15) is 16.4 Å². The third-order valence-corrected chi connectivity index (χ3v) is 8.31. The number of hydrogen-bond acceptors (Lipinski definition) is 3. The minimum absolute atomic E-state index is 0.393. The first-order valence-corrected chi connectivity index (χ1v) is 15.7. The first-order chi connectivity index (χ1) is 40.1. The van der Waals surface area contributed by atoms with Gasteiger partial charge in [0.2, 0.25) is 5.71 Å². The molecule has 0 N–H and O–H groups in total. The Morgan fingerprint density at radius 2 is 1.02 bits per heavy atom. The highest BCUT2D eigenvalue weighted by Gasteiger charge is 2.21. The van der Waals surface area contributed by atoms with Crippen molar-refractivity contribution in [2.45, 2.75) is 0 Å². The smallest absolute Gasteiger partial charge is 0.213 e. The van der Waals surface area contributed by atoms with Crippen molar-refractivity contribution in [3.05, 3.63) is 193 Å². The Balaban J connectivity index is 1.27. The van der Waals surface area contributed by atoms with Crippen LogP contribution in [0.4, 0.5) is 17.1 Å². The Bertz CT molecular complexity index is 4930. The molecule has 4 nitrogen and oxygen atoms in total. The number of hydrogen-bond donors (Lipinski definition) is 0. The molecule has 0 saturated heterocycles. The Kier molecular flexibility index (Phi) is 2.79. The fraction of sp³-hybridized carbons (Fsp3) is 0. The molecular weight excluding hydrogens is 661 g/mol. The standard InChI is InChI=1S/C50H32N2O2/c1-3-12-33(13-4-1)34-22-27-38(28-23-34)51(45-20-11-18-41-40-16-8-10-21-46(40)53-49(41)45)39-29-24-35(25-30-39)36-26-31-43-47(32-36)54-50-48(43)42-17-7-9-19-44(42)52(50)37-14-5-2-6-15-37/h1-32H/i1D,2D,3D,4D,5D,6D,7D,8D,9D,10D,11D,12D,13D,14D,15D,16D,17D,18D,19D,20D,21D,22D,23D,24D,25D,26D,27D,28D,29D,30D,31D,32D. The Morgan fingerprint density at radius 1 is 0.426 bits per heavy atom. The summed E-state index contributed by atoms with van der Waals surface area (Å²) in [5, 5.41) is -2.58. The average molecular weight is 725 g/mol. The lowest BCUT2D eigenvalue weighted by atomic mass is 10.0. The monoisotopic (exact) mass is 724 g/mol. The van der Waals surface area contributed by atoms with Gasteiger partial charge in [-0.3, -0.25) is 4.57 Å². The van der Waals surface area contributed by atoms with E-state index in [0.29, 0.717) is 4.90 Å². The van der Waals surface area contributed by atoms with Crippen molar-refractivity contribution in [2.75, 3.05) is 4.90 Å². The van der Waals surface area contributed by atoms with E-state index in [1.165, 1.54) is 0 Å². The number of furan rings is 2. The predicted molar refractivity (Wildman–Crippen MR) is 223 cm³/mol. The van der Waals surface area contributed by atoms with Gasteiger partial charge in [-0.25, -0.2) is 0 Å². The molecule has 0 radical (unpaired) electrons. The molecule has 0 amide bonds.